The molecule has 0 bridgehead atoms. The van der Waals surface area contributed by atoms with Crippen molar-refractivity contribution in [3.63, 3.8) is 0 Å². The second kappa shape index (κ2) is 2.71. The van der Waals surface area contributed by atoms with Gasteiger partial charge in [0.05, 0.1) is 0 Å². The summed E-state index contributed by atoms with van der Waals surface area (Å²) in [5.74, 6) is 0. The third kappa shape index (κ3) is 3.10. The van der Waals surface area contributed by atoms with Crippen molar-refractivity contribution in [1.29, 1.82) is 0 Å². The molecule has 0 N–H and O–H groups in total. The van der Waals surface area contributed by atoms with Gasteiger partial charge in [0.1, 0.15) is 0 Å². The summed E-state index contributed by atoms with van der Waals surface area (Å²) < 4.78 is 4.15. The Morgan fingerprint density at radius 1 is 1.57 bits per heavy atom. The molecule has 0 aromatic rings. The van der Waals surface area contributed by atoms with Crippen molar-refractivity contribution in [2.24, 2.45) is 3.50 Å². The standard InChI is InChI=1S/C5H11N.Mo/c1-4-5(2,3)6;/h4H2,1-3H3;. The number of nitrogens with zero attached hydrogens (tertiary/aromatic N) is 1. The molecule has 2 heteroatoms. The molecule has 0 radical (unpaired) electrons. The number of hydrogen-bond donors (Lipinski definition) is 0. The summed E-state index contributed by atoms with van der Waals surface area (Å²) in [6.07, 6.45) is 1.13. The Kier molecular flexibility index (Phi) is 2.90. The van der Waals surface area contributed by atoms with Crippen LogP contribution in [0.5, 0.6) is 0 Å². The predicted molar refractivity (Wildman–Crippen MR) is 26.8 cm³/mol. The van der Waals surface area contributed by atoms with Gasteiger partial charge in [0, 0.05) is 0 Å². The molecular formula is C5H11MoN. The summed E-state index contributed by atoms with van der Waals surface area (Å²) in [6.45, 7) is 6.42. The van der Waals surface area contributed by atoms with Crippen molar-refractivity contribution in [3.8, 4) is 0 Å². The first-order chi connectivity index (χ1) is 3.12. The van der Waals surface area contributed by atoms with Crippen LogP contribution >= 0.6 is 0 Å². The van der Waals surface area contributed by atoms with E-state index in [9.17, 15) is 0 Å². The molecule has 42 valence electrons. The minimum atomic E-state index is 0.213. The van der Waals surface area contributed by atoms with Gasteiger partial charge in [-0.15, -0.1) is 0 Å². The third-order valence-corrected chi connectivity index (χ3v) is 2.33. The Morgan fingerprint density at radius 2 is 2.00 bits per heavy atom. The maximum atomic E-state index is 4.15. The van der Waals surface area contributed by atoms with Crippen LogP contribution in [0.3, 0.4) is 0 Å². The van der Waals surface area contributed by atoms with E-state index in [1.54, 1.807) is 19.6 Å². The van der Waals surface area contributed by atoms with Gasteiger partial charge in [-0.2, -0.15) is 0 Å². The van der Waals surface area contributed by atoms with Crippen molar-refractivity contribution in [2.75, 3.05) is 0 Å². The van der Waals surface area contributed by atoms with Gasteiger partial charge in [-0.05, 0) is 0 Å². The molecule has 0 fully saturated rings. The Bertz CT molecular complexity index is 68.5. The summed E-state index contributed by atoms with van der Waals surface area (Å²) in [7, 11) is 0. The van der Waals surface area contributed by atoms with Crippen LogP contribution in [0.15, 0.2) is 3.50 Å². The van der Waals surface area contributed by atoms with Crippen LogP contribution in [-0.4, -0.2) is 5.54 Å². The normalized spacial score (nSPS) is 11.3. The van der Waals surface area contributed by atoms with Crippen LogP contribution in [0.2, 0.25) is 0 Å². The van der Waals surface area contributed by atoms with E-state index in [4.69, 9.17) is 0 Å². The number of hydrogen-bond acceptors (Lipinski definition) is 1. The van der Waals surface area contributed by atoms with Gasteiger partial charge < -0.3 is 0 Å². The van der Waals surface area contributed by atoms with Gasteiger partial charge in [0.2, 0.25) is 0 Å². The SMILES string of the molecule is CCC(C)(C)[N]=[Mo]. The van der Waals surface area contributed by atoms with Crippen molar-refractivity contribution < 1.29 is 19.6 Å². The zero-order valence-electron chi connectivity index (χ0n) is 5.06. The molecular weight excluding hydrogens is 170 g/mol. The van der Waals surface area contributed by atoms with Crippen molar-refractivity contribution >= 4 is 0 Å². The first-order valence-electron chi connectivity index (χ1n) is 2.47. The molecule has 0 aromatic heterocycles. The average Bonchev–Trinajstić information content (AvgIpc) is 1.68. The van der Waals surface area contributed by atoms with E-state index >= 15 is 0 Å². The molecule has 0 aliphatic heterocycles. The van der Waals surface area contributed by atoms with E-state index in [1.807, 2.05) is 0 Å². The quantitative estimate of drug-likeness (QED) is 0.577. The van der Waals surface area contributed by atoms with Gasteiger partial charge in [-0.1, -0.05) is 0 Å². The van der Waals surface area contributed by atoms with Crippen molar-refractivity contribution in [2.45, 2.75) is 32.7 Å². The minimum absolute atomic E-state index is 0.213. The van der Waals surface area contributed by atoms with Gasteiger partial charge in [0.25, 0.3) is 0 Å². The van der Waals surface area contributed by atoms with Crippen LogP contribution in [0.25, 0.3) is 0 Å². The molecule has 7 heavy (non-hydrogen) atoms. The summed E-state index contributed by atoms with van der Waals surface area (Å²) in [5, 5.41) is 0. The molecule has 0 aromatic carbocycles. The van der Waals surface area contributed by atoms with Crippen LogP contribution in [0.4, 0.5) is 0 Å². The van der Waals surface area contributed by atoms with Gasteiger partial charge in [-0.25, -0.2) is 0 Å². The Labute approximate surface area is 56.3 Å². The van der Waals surface area contributed by atoms with E-state index in [-0.39, 0.29) is 5.54 Å². The van der Waals surface area contributed by atoms with E-state index < -0.39 is 0 Å². The Hall–Kier alpha value is 0.488. The molecule has 0 spiro atoms. The summed E-state index contributed by atoms with van der Waals surface area (Å²) >= 11 is 1.80. The topological polar surface area (TPSA) is 12.4 Å². The maximum absolute atomic E-state index is 4.15. The van der Waals surface area contributed by atoms with Crippen LogP contribution in [0, 0.1) is 0 Å². The summed E-state index contributed by atoms with van der Waals surface area (Å²) in [4.78, 5) is 0. The van der Waals surface area contributed by atoms with Crippen LogP contribution < -0.4 is 0 Å². The van der Waals surface area contributed by atoms with Crippen molar-refractivity contribution in [1.82, 2.24) is 0 Å². The molecule has 0 saturated carbocycles. The molecule has 0 aliphatic carbocycles. The molecule has 0 aliphatic rings. The second-order valence-electron chi connectivity index (χ2n) is 2.26. The monoisotopic (exact) mass is 183 g/mol. The molecule has 0 saturated heterocycles. The van der Waals surface area contributed by atoms with E-state index in [0.717, 1.165) is 6.42 Å². The fourth-order valence-electron chi connectivity index (χ4n) is 0.0645. The first kappa shape index (κ1) is 7.49. The summed E-state index contributed by atoms with van der Waals surface area (Å²) in [5.41, 5.74) is 0.213. The zero-order valence-corrected chi connectivity index (χ0v) is 7.07. The molecule has 0 amide bonds. The number of rotatable bonds is 2. The molecule has 0 heterocycles. The Balaban J connectivity index is 3.58. The fraction of sp³-hybridized carbons (Fsp3) is 1.00. The van der Waals surface area contributed by atoms with Gasteiger partial charge in [0.15, 0.2) is 0 Å². The average molecular weight is 181 g/mol. The molecule has 0 unspecified atom stereocenters. The third-order valence-electron chi connectivity index (χ3n) is 1.11. The predicted octanol–water partition coefficient (Wildman–Crippen LogP) is 1.91. The van der Waals surface area contributed by atoms with E-state index in [0.29, 0.717) is 0 Å². The second-order valence-corrected chi connectivity index (χ2v) is 2.71. The Morgan fingerprint density at radius 3 is 2.00 bits per heavy atom. The van der Waals surface area contributed by atoms with E-state index in [1.165, 1.54) is 0 Å². The molecule has 1 nitrogen and oxygen atoms in total. The zero-order chi connectivity index (χ0) is 5.91. The van der Waals surface area contributed by atoms with Crippen LogP contribution in [0.1, 0.15) is 27.2 Å². The fourth-order valence-corrected chi connectivity index (χ4v) is 0.382. The van der Waals surface area contributed by atoms with Crippen LogP contribution in [-0.2, 0) is 19.6 Å². The van der Waals surface area contributed by atoms with Gasteiger partial charge in [-0.3, -0.25) is 0 Å². The van der Waals surface area contributed by atoms with E-state index in [2.05, 4.69) is 24.3 Å². The molecule has 0 atom stereocenters. The van der Waals surface area contributed by atoms with Crippen molar-refractivity contribution in [3.05, 3.63) is 0 Å². The summed E-state index contributed by atoms with van der Waals surface area (Å²) in [6, 6.07) is 0. The first-order valence-corrected chi connectivity index (χ1v) is 3.36. The molecule has 0 rings (SSSR count). The van der Waals surface area contributed by atoms with Gasteiger partial charge >= 0.3 is 55.9 Å².